The quantitative estimate of drug-likeness (QED) is 0.380. The molecule has 142 valence electrons. The molecule has 2 heterocycles. The van der Waals surface area contributed by atoms with Crippen LogP contribution in [0.2, 0.25) is 0 Å². The van der Waals surface area contributed by atoms with Gasteiger partial charge in [-0.1, -0.05) is 24.3 Å². The summed E-state index contributed by atoms with van der Waals surface area (Å²) in [5.41, 5.74) is -0.569. The smallest absolute Gasteiger partial charge is 0.266 e. The largest absolute Gasteiger partial charge is 0.385 e. The van der Waals surface area contributed by atoms with Gasteiger partial charge >= 0.3 is 0 Å². The Hall–Kier alpha value is -2.90. The molecule has 4 rings (SSSR count). The molecule has 0 amide bonds. The minimum Gasteiger partial charge on any atom is -0.385 e. The van der Waals surface area contributed by atoms with Crippen molar-refractivity contribution in [1.82, 2.24) is 9.55 Å². The lowest BCUT2D eigenvalue weighted by Gasteiger charge is -2.14. The van der Waals surface area contributed by atoms with Gasteiger partial charge in [-0.25, -0.2) is 9.37 Å². The fourth-order valence-corrected chi connectivity index (χ4v) is 4.25. The number of nitrogens with zero attached hydrogens (tertiary/aromatic N) is 2. The topological polar surface area (TPSA) is 61.2 Å². The van der Waals surface area contributed by atoms with E-state index < -0.39 is 11.4 Å². The zero-order chi connectivity index (χ0) is 19.7. The van der Waals surface area contributed by atoms with Crippen LogP contribution in [0.5, 0.6) is 0 Å². The standard InChI is InChI=1S/C21H17FN2O3S/c1-27-12-6-11-24-19(13-7-2-4-9-15(13)22)23-20-17(21(24)26)18(25)14-8-3-5-10-16(14)28-20/h2-5,7-10H,6,11-12H2,1H3. The molecule has 7 heteroatoms. The number of aromatic nitrogens is 2. The lowest BCUT2D eigenvalue weighted by molar-refractivity contribution is 0.190. The van der Waals surface area contributed by atoms with Crippen LogP contribution in [0.1, 0.15) is 6.42 Å². The van der Waals surface area contributed by atoms with E-state index in [1.54, 1.807) is 37.4 Å². The van der Waals surface area contributed by atoms with Crippen LogP contribution in [0.15, 0.2) is 58.1 Å². The molecule has 2 aromatic heterocycles. The summed E-state index contributed by atoms with van der Waals surface area (Å²) >= 11 is 1.26. The van der Waals surface area contributed by atoms with Gasteiger partial charge in [-0.2, -0.15) is 0 Å². The highest BCUT2D eigenvalue weighted by atomic mass is 32.1. The van der Waals surface area contributed by atoms with Gasteiger partial charge in [-0.15, -0.1) is 11.3 Å². The average Bonchev–Trinajstić information content (AvgIpc) is 2.70. The molecule has 2 aromatic carbocycles. The number of benzene rings is 2. The van der Waals surface area contributed by atoms with Crippen molar-refractivity contribution < 1.29 is 9.13 Å². The first-order valence-corrected chi connectivity index (χ1v) is 9.63. The molecule has 0 aliphatic carbocycles. The van der Waals surface area contributed by atoms with Gasteiger partial charge in [0.15, 0.2) is 0 Å². The summed E-state index contributed by atoms with van der Waals surface area (Å²) in [6, 6.07) is 13.3. The third kappa shape index (κ3) is 3.12. The van der Waals surface area contributed by atoms with Crippen molar-refractivity contribution in [2.45, 2.75) is 13.0 Å². The van der Waals surface area contributed by atoms with Crippen LogP contribution < -0.4 is 11.0 Å². The zero-order valence-electron chi connectivity index (χ0n) is 15.1. The SMILES string of the molecule is COCCCn1c(-c2ccccc2F)nc2sc3ccccc3c(=O)c2c1=O. The van der Waals surface area contributed by atoms with E-state index in [2.05, 4.69) is 4.98 Å². The monoisotopic (exact) mass is 396 g/mol. The van der Waals surface area contributed by atoms with Crippen molar-refractivity contribution in [3.63, 3.8) is 0 Å². The molecule has 0 radical (unpaired) electrons. The summed E-state index contributed by atoms with van der Waals surface area (Å²) in [4.78, 5) is 31.1. The molecule has 0 aliphatic heterocycles. The molecule has 0 spiro atoms. The summed E-state index contributed by atoms with van der Waals surface area (Å²) in [5.74, 6) is -0.250. The molecule has 28 heavy (non-hydrogen) atoms. The highest BCUT2D eigenvalue weighted by Gasteiger charge is 2.19. The first kappa shape index (κ1) is 18.5. The second-order valence-electron chi connectivity index (χ2n) is 6.33. The normalized spacial score (nSPS) is 11.4. The molecule has 0 saturated carbocycles. The van der Waals surface area contributed by atoms with E-state index in [0.717, 1.165) is 4.70 Å². The van der Waals surface area contributed by atoms with Crippen LogP contribution in [0.25, 0.3) is 31.7 Å². The van der Waals surface area contributed by atoms with Gasteiger partial charge < -0.3 is 4.74 Å². The first-order valence-electron chi connectivity index (χ1n) is 8.82. The third-order valence-electron chi connectivity index (χ3n) is 4.55. The van der Waals surface area contributed by atoms with Gasteiger partial charge in [0.1, 0.15) is 21.9 Å². The lowest BCUT2D eigenvalue weighted by Crippen LogP contribution is -2.28. The van der Waals surface area contributed by atoms with Crippen LogP contribution in [-0.2, 0) is 11.3 Å². The molecule has 0 fully saturated rings. The molecule has 0 aliphatic rings. The maximum atomic E-state index is 14.5. The van der Waals surface area contributed by atoms with Crippen LogP contribution in [-0.4, -0.2) is 23.3 Å². The summed E-state index contributed by atoms with van der Waals surface area (Å²) < 4.78 is 21.7. The number of methoxy groups -OCH3 is 1. The Morgan fingerprint density at radius 3 is 2.64 bits per heavy atom. The Morgan fingerprint density at radius 1 is 1.11 bits per heavy atom. The molecule has 0 N–H and O–H groups in total. The minimum absolute atomic E-state index is 0.0428. The first-order chi connectivity index (χ1) is 13.6. The maximum absolute atomic E-state index is 14.5. The zero-order valence-corrected chi connectivity index (χ0v) is 16.0. The van der Waals surface area contributed by atoms with Crippen LogP contribution in [0, 0.1) is 5.82 Å². The van der Waals surface area contributed by atoms with Crippen molar-refractivity contribution in [3.05, 3.63) is 74.9 Å². The van der Waals surface area contributed by atoms with E-state index in [1.807, 2.05) is 12.1 Å². The molecule has 0 unspecified atom stereocenters. The second-order valence-corrected chi connectivity index (χ2v) is 7.36. The predicted molar refractivity (Wildman–Crippen MR) is 110 cm³/mol. The average molecular weight is 396 g/mol. The summed E-state index contributed by atoms with van der Waals surface area (Å²) in [6.07, 6.45) is 0.538. The molecule has 0 bridgehead atoms. The molecule has 5 nitrogen and oxygen atoms in total. The number of rotatable bonds is 5. The minimum atomic E-state index is -0.470. The summed E-state index contributed by atoms with van der Waals surface area (Å²) in [5, 5.41) is 0.530. The predicted octanol–water partition coefficient (Wildman–Crippen LogP) is 3.81. The highest BCUT2D eigenvalue weighted by Crippen LogP contribution is 2.26. The van der Waals surface area contributed by atoms with E-state index in [1.165, 1.54) is 22.0 Å². The molecule has 0 saturated heterocycles. The Balaban J connectivity index is 2.08. The highest BCUT2D eigenvalue weighted by molar-refractivity contribution is 7.24. The van der Waals surface area contributed by atoms with Crippen LogP contribution in [0.4, 0.5) is 4.39 Å². The Bertz CT molecular complexity index is 1300. The van der Waals surface area contributed by atoms with Gasteiger partial charge in [0.25, 0.3) is 5.56 Å². The van der Waals surface area contributed by atoms with Crippen LogP contribution in [0.3, 0.4) is 0 Å². The van der Waals surface area contributed by atoms with Crippen molar-refractivity contribution in [1.29, 1.82) is 0 Å². The van der Waals surface area contributed by atoms with E-state index in [0.29, 0.717) is 23.2 Å². The Labute approximate surface area is 163 Å². The number of fused-ring (bicyclic) bond motifs is 2. The van der Waals surface area contributed by atoms with Gasteiger partial charge in [0, 0.05) is 30.3 Å². The van der Waals surface area contributed by atoms with Gasteiger partial charge in [0.2, 0.25) is 5.43 Å². The Kier molecular flexibility index (Phi) is 5.02. The molecular weight excluding hydrogens is 379 g/mol. The summed E-state index contributed by atoms with van der Waals surface area (Å²) in [7, 11) is 1.57. The van der Waals surface area contributed by atoms with Gasteiger partial charge in [-0.05, 0) is 30.7 Å². The fraction of sp³-hybridized carbons (Fsp3) is 0.190. The number of ether oxygens (including phenoxy) is 1. The van der Waals surface area contributed by atoms with Crippen molar-refractivity contribution >= 4 is 31.6 Å². The maximum Gasteiger partial charge on any atom is 0.266 e. The Morgan fingerprint density at radius 2 is 1.86 bits per heavy atom. The number of hydrogen-bond acceptors (Lipinski definition) is 5. The fourth-order valence-electron chi connectivity index (χ4n) is 3.21. The number of halogens is 1. The molecular formula is C21H17FN2O3S. The summed E-state index contributed by atoms with van der Waals surface area (Å²) in [6.45, 7) is 0.710. The lowest BCUT2D eigenvalue weighted by atomic mass is 10.1. The third-order valence-corrected chi connectivity index (χ3v) is 5.61. The molecule has 4 aromatic rings. The van der Waals surface area contributed by atoms with E-state index >= 15 is 0 Å². The van der Waals surface area contributed by atoms with Crippen molar-refractivity contribution in [2.24, 2.45) is 0 Å². The number of hydrogen-bond donors (Lipinski definition) is 0. The molecule has 0 atom stereocenters. The second kappa shape index (κ2) is 7.61. The van der Waals surface area contributed by atoms with Crippen molar-refractivity contribution in [3.8, 4) is 11.4 Å². The van der Waals surface area contributed by atoms with Gasteiger partial charge in [-0.3, -0.25) is 14.2 Å². The van der Waals surface area contributed by atoms with E-state index in [-0.39, 0.29) is 28.7 Å². The van der Waals surface area contributed by atoms with Crippen molar-refractivity contribution in [2.75, 3.05) is 13.7 Å². The van der Waals surface area contributed by atoms with E-state index in [4.69, 9.17) is 4.74 Å². The van der Waals surface area contributed by atoms with Gasteiger partial charge in [0.05, 0.1) is 5.56 Å². The van der Waals surface area contributed by atoms with E-state index in [9.17, 15) is 14.0 Å². The van der Waals surface area contributed by atoms with Crippen LogP contribution >= 0.6 is 11.3 Å².